The summed E-state index contributed by atoms with van der Waals surface area (Å²) in [5.74, 6) is 1.07. The van der Waals surface area contributed by atoms with Crippen LogP contribution in [0.25, 0.3) is 0 Å². The van der Waals surface area contributed by atoms with Crippen molar-refractivity contribution in [2.45, 2.75) is 40.0 Å². The van der Waals surface area contributed by atoms with Crippen molar-refractivity contribution in [1.29, 1.82) is 0 Å². The quantitative estimate of drug-likeness (QED) is 0.772. The molecule has 0 amide bonds. The zero-order chi connectivity index (χ0) is 13.1. The molecule has 0 atom stereocenters. The Balaban J connectivity index is 1.90. The highest BCUT2D eigenvalue weighted by atomic mass is 32.1. The third kappa shape index (κ3) is 2.88. The number of hydrogen-bond acceptors (Lipinski definition) is 4. The van der Waals surface area contributed by atoms with Gasteiger partial charge in [-0.05, 0) is 52.2 Å². The molecule has 0 unspecified atom stereocenters. The summed E-state index contributed by atoms with van der Waals surface area (Å²) in [7, 11) is 0. The van der Waals surface area contributed by atoms with E-state index in [0.29, 0.717) is 0 Å². The number of aryl methyl sites for hydroxylation is 3. The molecule has 0 fully saturated rings. The van der Waals surface area contributed by atoms with E-state index in [4.69, 9.17) is 4.52 Å². The highest BCUT2D eigenvalue weighted by Gasteiger charge is 2.09. The fraction of sp³-hybridized carbons (Fsp3) is 0.429. The van der Waals surface area contributed by atoms with Crippen molar-refractivity contribution < 1.29 is 9.32 Å². The van der Waals surface area contributed by atoms with Crippen LogP contribution < -0.4 is 0 Å². The summed E-state index contributed by atoms with van der Waals surface area (Å²) in [4.78, 5) is 13.3. The normalized spacial score (nSPS) is 10.8. The molecule has 0 aromatic carbocycles. The van der Waals surface area contributed by atoms with E-state index >= 15 is 0 Å². The van der Waals surface area contributed by atoms with Crippen LogP contribution in [0.5, 0.6) is 0 Å². The molecule has 3 nitrogen and oxygen atoms in total. The molecule has 0 spiro atoms. The lowest BCUT2D eigenvalue weighted by atomic mass is 10.1. The van der Waals surface area contributed by atoms with Gasteiger partial charge in [0.25, 0.3) is 0 Å². The average molecular weight is 263 g/mol. The van der Waals surface area contributed by atoms with Crippen LogP contribution >= 0.6 is 11.3 Å². The number of rotatable bonds is 5. The van der Waals surface area contributed by atoms with Crippen LogP contribution in [0.2, 0.25) is 0 Å². The first-order valence-electron chi connectivity index (χ1n) is 6.09. The number of carbonyl (C=O) groups excluding carboxylic acids is 1. The third-order valence-corrected chi connectivity index (χ3v) is 4.29. The van der Waals surface area contributed by atoms with Crippen molar-refractivity contribution >= 4 is 17.1 Å². The molecule has 4 heteroatoms. The number of hydrogen-bond donors (Lipinski definition) is 0. The van der Waals surface area contributed by atoms with Gasteiger partial charge in [0.05, 0.1) is 10.6 Å². The molecule has 0 saturated carbocycles. The van der Waals surface area contributed by atoms with Gasteiger partial charge in [0.2, 0.25) is 0 Å². The molecule has 0 N–H and O–H groups in total. The number of ketones is 1. The monoisotopic (exact) mass is 263 g/mol. The molecule has 0 aliphatic carbocycles. The van der Waals surface area contributed by atoms with Gasteiger partial charge in [0, 0.05) is 10.4 Å². The van der Waals surface area contributed by atoms with Gasteiger partial charge < -0.3 is 4.52 Å². The maximum atomic E-state index is 11.2. The van der Waals surface area contributed by atoms with Crippen molar-refractivity contribution in [3.63, 3.8) is 0 Å². The largest absolute Gasteiger partial charge is 0.361 e. The maximum absolute atomic E-state index is 11.2. The first kappa shape index (κ1) is 13.0. The zero-order valence-corrected chi connectivity index (χ0v) is 11.8. The topological polar surface area (TPSA) is 43.1 Å². The van der Waals surface area contributed by atoms with Crippen LogP contribution in [-0.2, 0) is 12.8 Å². The number of carbonyl (C=O) groups is 1. The highest BCUT2D eigenvalue weighted by Crippen LogP contribution is 2.20. The van der Waals surface area contributed by atoms with Gasteiger partial charge in [-0.15, -0.1) is 11.3 Å². The second-order valence-electron chi connectivity index (χ2n) is 4.48. The minimum Gasteiger partial charge on any atom is -0.361 e. The van der Waals surface area contributed by atoms with Gasteiger partial charge in [-0.25, -0.2) is 0 Å². The van der Waals surface area contributed by atoms with Crippen LogP contribution in [0.1, 0.15) is 44.9 Å². The predicted octanol–water partition coefficient (Wildman–Crippen LogP) is 3.73. The van der Waals surface area contributed by atoms with Crippen LogP contribution in [0.4, 0.5) is 0 Å². The van der Waals surface area contributed by atoms with E-state index in [-0.39, 0.29) is 5.78 Å². The van der Waals surface area contributed by atoms with Crippen LogP contribution in [0.3, 0.4) is 0 Å². The Morgan fingerprint density at radius 2 is 2.11 bits per heavy atom. The summed E-state index contributed by atoms with van der Waals surface area (Å²) >= 11 is 1.60. The Hall–Kier alpha value is -1.42. The lowest BCUT2D eigenvalue weighted by molar-refractivity contribution is 0.102. The fourth-order valence-corrected chi connectivity index (χ4v) is 2.94. The number of thiophene rings is 1. The Morgan fingerprint density at radius 3 is 2.67 bits per heavy atom. The Morgan fingerprint density at radius 1 is 1.33 bits per heavy atom. The zero-order valence-electron chi connectivity index (χ0n) is 10.9. The van der Waals surface area contributed by atoms with Crippen molar-refractivity contribution in [3.05, 3.63) is 38.9 Å². The first-order valence-corrected chi connectivity index (χ1v) is 6.91. The standard InChI is InChI=1S/C14H17NO2S/c1-9-13(11(3)17-15-9)6-4-5-12-7-8-14(18-12)10(2)16/h7-8H,4-6H2,1-3H3. The predicted molar refractivity (Wildman–Crippen MR) is 72.3 cm³/mol. The Kier molecular flexibility index (Phi) is 3.97. The van der Waals surface area contributed by atoms with Crippen molar-refractivity contribution in [1.82, 2.24) is 5.16 Å². The van der Waals surface area contributed by atoms with E-state index in [9.17, 15) is 4.79 Å². The number of aromatic nitrogens is 1. The number of Topliss-reactive ketones (excluding diaryl/α,β-unsaturated/α-hetero) is 1. The molecule has 0 bridgehead atoms. The van der Waals surface area contributed by atoms with E-state index in [1.807, 2.05) is 19.9 Å². The SMILES string of the molecule is CC(=O)c1ccc(CCCc2c(C)noc2C)s1. The second-order valence-corrected chi connectivity index (χ2v) is 5.65. The van der Waals surface area contributed by atoms with E-state index in [1.165, 1.54) is 10.4 Å². The van der Waals surface area contributed by atoms with Crippen LogP contribution in [-0.4, -0.2) is 10.9 Å². The van der Waals surface area contributed by atoms with Gasteiger partial charge in [0.15, 0.2) is 5.78 Å². The van der Waals surface area contributed by atoms with Crippen molar-refractivity contribution in [2.75, 3.05) is 0 Å². The van der Waals surface area contributed by atoms with Gasteiger partial charge in [-0.3, -0.25) is 4.79 Å². The molecule has 0 saturated heterocycles. The minimum atomic E-state index is 0.150. The average Bonchev–Trinajstić information content (AvgIpc) is 2.90. The molecule has 0 aliphatic heterocycles. The van der Waals surface area contributed by atoms with Crippen LogP contribution in [0.15, 0.2) is 16.7 Å². The summed E-state index contributed by atoms with van der Waals surface area (Å²) in [6.07, 6.45) is 3.04. The molecule has 0 aliphatic rings. The third-order valence-electron chi connectivity index (χ3n) is 3.04. The molecule has 2 aromatic rings. The Labute approximate surface area is 111 Å². The fourth-order valence-electron chi connectivity index (χ4n) is 2.00. The molecule has 2 aromatic heterocycles. The van der Waals surface area contributed by atoms with Crippen molar-refractivity contribution in [3.8, 4) is 0 Å². The lowest BCUT2D eigenvalue weighted by Gasteiger charge is -1.99. The maximum Gasteiger partial charge on any atom is 0.169 e. The van der Waals surface area contributed by atoms with E-state index in [0.717, 1.165) is 35.6 Å². The Bertz CT molecular complexity index is 534. The summed E-state index contributed by atoms with van der Waals surface area (Å²) in [5.41, 5.74) is 2.21. The van der Waals surface area contributed by atoms with Gasteiger partial charge >= 0.3 is 0 Å². The summed E-state index contributed by atoms with van der Waals surface area (Å²) < 4.78 is 5.14. The van der Waals surface area contributed by atoms with E-state index in [1.54, 1.807) is 18.3 Å². The summed E-state index contributed by atoms with van der Waals surface area (Å²) in [6.45, 7) is 5.54. The lowest BCUT2D eigenvalue weighted by Crippen LogP contribution is -1.91. The summed E-state index contributed by atoms with van der Waals surface area (Å²) in [6, 6.07) is 3.97. The smallest absolute Gasteiger partial charge is 0.169 e. The second kappa shape index (κ2) is 5.48. The summed E-state index contributed by atoms with van der Waals surface area (Å²) in [5, 5.41) is 3.95. The first-order chi connectivity index (χ1) is 8.58. The molecule has 0 radical (unpaired) electrons. The molecule has 18 heavy (non-hydrogen) atoms. The van der Waals surface area contributed by atoms with Crippen molar-refractivity contribution in [2.24, 2.45) is 0 Å². The van der Waals surface area contributed by atoms with Crippen LogP contribution in [0, 0.1) is 13.8 Å². The molecular weight excluding hydrogens is 246 g/mol. The van der Waals surface area contributed by atoms with E-state index in [2.05, 4.69) is 11.2 Å². The van der Waals surface area contributed by atoms with Gasteiger partial charge in [-0.2, -0.15) is 0 Å². The van der Waals surface area contributed by atoms with E-state index < -0.39 is 0 Å². The molecule has 2 heterocycles. The highest BCUT2D eigenvalue weighted by molar-refractivity contribution is 7.14. The number of nitrogens with zero attached hydrogens (tertiary/aromatic N) is 1. The molecule has 96 valence electrons. The molecular formula is C14H17NO2S. The van der Waals surface area contributed by atoms with Gasteiger partial charge in [-0.1, -0.05) is 5.16 Å². The van der Waals surface area contributed by atoms with Gasteiger partial charge in [0.1, 0.15) is 5.76 Å². The molecule has 2 rings (SSSR count). The minimum absolute atomic E-state index is 0.150.